The third-order valence-corrected chi connectivity index (χ3v) is 4.17. The molecule has 1 heterocycles. The topological polar surface area (TPSA) is 49.4 Å². The Hall–Kier alpha value is -3.02. The lowest BCUT2D eigenvalue weighted by molar-refractivity contribution is -0.111. The lowest BCUT2D eigenvalue weighted by Crippen LogP contribution is -2.27. The number of rotatable bonds is 4. The fraction of sp³-hybridized carbons (Fsp3) is 0.200. The molecular weight excluding hydrogens is 338 g/mol. The minimum absolute atomic E-state index is 0.0671. The first kappa shape index (κ1) is 17.8. The molecule has 6 heteroatoms. The van der Waals surface area contributed by atoms with Gasteiger partial charge in [-0.2, -0.15) is 0 Å². The van der Waals surface area contributed by atoms with Crippen LogP contribution in [0, 0.1) is 11.6 Å². The van der Waals surface area contributed by atoms with Crippen molar-refractivity contribution < 1.29 is 18.4 Å². The molecule has 0 aliphatic carbocycles. The van der Waals surface area contributed by atoms with Gasteiger partial charge in [-0.3, -0.25) is 9.59 Å². The van der Waals surface area contributed by atoms with Gasteiger partial charge in [-0.05, 0) is 49.2 Å². The highest BCUT2D eigenvalue weighted by Gasteiger charge is 2.19. The zero-order valence-corrected chi connectivity index (χ0v) is 14.0. The number of benzene rings is 2. The number of nitrogens with one attached hydrogen (secondary N) is 1. The highest BCUT2D eigenvalue weighted by molar-refractivity contribution is 6.03. The zero-order valence-electron chi connectivity index (χ0n) is 14.0. The van der Waals surface area contributed by atoms with Crippen LogP contribution in [0.15, 0.2) is 48.5 Å². The Kier molecular flexibility index (Phi) is 5.41. The van der Waals surface area contributed by atoms with Gasteiger partial charge in [0.25, 0.3) is 5.91 Å². The van der Waals surface area contributed by atoms with Crippen molar-refractivity contribution in [3.05, 3.63) is 71.3 Å². The summed E-state index contributed by atoms with van der Waals surface area (Å²) in [6.07, 6.45) is 4.13. The summed E-state index contributed by atoms with van der Waals surface area (Å²) >= 11 is 0. The van der Waals surface area contributed by atoms with E-state index in [9.17, 15) is 18.4 Å². The minimum Gasteiger partial charge on any atom is -0.339 e. The standard InChI is InChI=1S/C20H18F2N2O2/c21-17-7-4-8-18(22)16(17)9-10-19(25)23-15-6-3-5-14(13-15)20(26)24-11-1-2-12-24/h3-10,13H,1-2,11-12H2,(H,23,25). The lowest BCUT2D eigenvalue weighted by Gasteiger charge is -2.15. The van der Waals surface area contributed by atoms with Gasteiger partial charge < -0.3 is 10.2 Å². The van der Waals surface area contributed by atoms with E-state index in [1.165, 1.54) is 6.07 Å². The van der Waals surface area contributed by atoms with E-state index in [-0.39, 0.29) is 11.5 Å². The van der Waals surface area contributed by atoms with E-state index in [0.29, 0.717) is 11.3 Å². The molecule has 0 atom stereocenters. The molecule has 0 saturated carbocycles. The second-order valence-electron chi connectivity index (χ2n) is 6.04. The molecule has 1 aliphatic heterocycles. The Balaban J connectivity index is 1.69. The van der Waals surface area contributed by atoms with Gasteiger partial charge in [-0.1, -0.05) is 12.1 Å². The number of halogens is 2. The number of hydrogen-bond donors (Lipinski definition) is 1. The van der Waals surface area contributed by atoms with E-state index in [1.807, 2.05) is 0 Å². The van der Waals surface area contributed by atoms with Crippen molar-refractivity contribution in [1.82, 2.24) is 4.90 Å². The van der Waals surface area contributed by atoms with Crippen LogP contribution < -0.4 is 5.32 Å². The summed E-state index contributed by atoms with van der Waals surface area (Å²) < 4.78 is 27.1. The molecule has 1 saturated heterocycles. The number of likely N-dealkylation sites (tertiary alicyclic amines) is 1. The number of hydrogen-bond acceptors (Lipinski definition) is 2. The largest absolute Gasteiger partial charge is 0.339 e. The average molecular weight is 356 g/mol. The van der Waals surface area contributed by atoms with Crippen LogP contribution in [0.25, 0.3) is 6.08 Å². The Bertz CT molecular complexity index is 838. The SMILES string of the molecule is O=C(C=Cc1c(F)cccc1F)Nc1cccc(C(=O)N2CCCC2)c1. The Morgan fingerprint density at radius 1 is 1.00 bits per heavy atom. The average Bonchev–Trinajstić information content (AvgIpc) is 3.15. The van der Waals surface area contributed by atoms with Crippen LogP contribution in [0.3, 0.4) is 0 Å². The zero-order chi connectivity index (χ0) is 18.5. The van der Waals surface area contributed by atoms with Crippen LogP contribution in [-0.4, -0.2) is 29.8 Å². The van der Waals surface area contributed by atoms with Crippen molar-refractivity contribution in [1.29, 1.82) is 0 Å². The predicted molar refractivity (Wildman–Crippen MR) is 95.6 cm³/mol. The van der Waals surface area contributed by atoms with Gasteiger partial charge in [0.1, 0.15) is 11.6 Å². The normalized spacial score (nSPS) is 14.0. The first-order valence-corrected chi connectivity index (χ1v) is 8.37. The monoisotopic (exact) mass is 356 g/mol. The molecule has 26 heavy (non-hydrogen) atoms. The molecular formula is C20H18F2N2O2. The molecule has 1 aliphatic rings. The van der Waals surface area contributed by atoms with Crippen LogP contribution >= 0.6 is 0 Å². The van der Waals surface area contributed by atoms with Crippen molar-refractivity contribution in [2.45, 2.75) is 12.8 Å². The van der Waals surface area contributed by atoms with E-state index in [1.54, 1.807) is 29.2 Å². The number of amides is 2. The summed E-state index contributed by atoms with van der Waals surface area (Å²) in [4.78, 5) is 26.2. The highest BCUT2D eigenvalue weighted by atomic mass is 19.1. The fourth-order valence-electron chi connectivity index (χ4n) is 2.85. The van der Waals surface area contributed by atoms with Crippen LogP contribution in [-0.2, 0) is 4.79 Å². The molecule has 2 amide bonds. The number of anilines is 1. The molecule has 2 aromatic rings. The summed E-state index contributed by atoms with van der Waals surface area (Å²) in [5.41, 5.74) is 0.660. The van der Waals surface area contributed by atoms with Gasteiger partial charge in [0, 0.05) is 36.0 Å². The number of nitrogens with zero attached hydrogens (tertiary/aromatic N) is 1. The Morgan fingerprint density at radius 3 is 2.35 bits per heavy atom. The van der Waals surface area contributed by atoms with Crippen molar-refractivity contribution >= 4 is 23.6 Å². The van der Waals surface area contributed by atoms with E-state index in [4.69, 9.17) is 0 Å². The molecule has 3 rings (SSSR count). The van der Waals surface area contributed by atoms with Crippen molar-refractivity contribution in [2.75, 3.05) is 18.4 Å². The van der Waals surface area contributed by atoms with E-state index >= 15 is 0 Å². The summed E-state index contributed by atoms with van der Waals surface area (Å²) in [5, 5.41) is 2.60. The first-order valence-electron chi connectivity index (χ1n) is 8.37. The minimum atomic E-state index is -0.743. The van der Waals surface area contributed by atoms with Gasteiger partial charge in [0.15, 0.2) is 0 Å². The second kappa shape index (κ2) is 7.91. The maximum atomic E-state index is 13.6. The second-order valence-corrected chi connectivity index (χ2v) is 6.04. The van der Waals surface area contributed by atoms with Crippen molar-refractivity contribution in [3.8, 4) is 0 Å². The predicted octanol–water partition coefficient (Wildman–Crippen LogP) is 3.85. The molecule has 134 valence electrons. The molecule has 0 aromatic heterocycles. The van der Waals surface area contributed by atoms with Crippen LogP contribution in [0.5, 0.6) is 0 Å². The summed E-state index contributed by atoms with van der Waals surface area (Å²) in [7, 11) is 0. The van der Waals surface area contributed by atoms with Crippen LogP contribution in [0.4, 0.5) is 14.5 Å². The maximum Gasteiger partial charge on any atom is 0.253 e. The quantitative estimate of drug-likeness (QED) is 0.846. The van der Waals surface area contributed by atoms with Gasteiger partial charge in [0.05, 0.1) is 0 Å². The van der Waals surface area contributed by atoms with E-state index < -0.39 is 17.5 Å². The molecule has 0 bridgehead atoms. The number of carbonyl (C=O) groups is 2. The molecule has 0 radical (unpaired) electrons. The molecule has 1 fully saturated rings. The molecule has 2 aromatic carbocycles. The van der Waals surface area contributed by atoms with Crippen molar-refractivity contribution in [2.24, 2.45) is 0 Å². The summed E-state index contributed by atoms with van der Waals surface area (Å²) in [6, 6.07) is 10.1. The van der Waals surface area contributed by atoms with Crippen LogP contribution in [0.1, 0.15) is 28.8 Å². The van der Waals surface area contributed by atoms with Crippen molar-refractivity contribution in [3.63, 3.8) is 0 Å². The third-order valence-electron chi connectivity index (χ3n) is 4.17. The highest BCUT2D eigenvalue weighted by Crippen LogP contribution is 2.17. The van der Waals surface area contributed by atoms with Gasteiger partial charge >= 0.3 is 0 Å². The van der Waals surface area contributed by atoms with E-state index in [2.05, 4.69) is 5.32 Å². The smallest absolute Gasteiger partial charge is 0.253 e. The molecule has 4 nitrogen and oxygen atoms in total. The number of carbonyl (C=O) groups excluding carboxylic acids is 2. The fourth-order valence-corrected chi connectivity index (χ4v) is 2.85. The maximum absolute atomic E-state index is 13.6. The van der Waals surface area contributed by atoms with Gasteiger partial charge in [0.2, 0.25) is 5.91 Å². The molecule has 0 unspecified atom stereocenters. The molecule has 0 spiro atoms. The van der Waals surface area contributed by atoms with Gasteiger partial charge in [-0.25, -0.2) is 8.78 Å². The Labute approximate surface area is 150 Å². The first-order chi connectivity index (χ1) is 12.5. The van der Waals surface area contributed by atoms with Crippen LogP contribution in [0.2, 0.25) is 0 Å². The third kappa shape index (κ3) is 4.14. The molecule has 1 N–H and O–H groups in total. The summed E-state index contributed by atoms with van der Waals surface area (Å²) in [6.45, 7) is 1.48. The van der Waals surface area contributed by atoms with Gasteiger partial charge in [-0.15, -0.1) is 0 Å². The Morgan fingerprint density at radius 2 is 1.65 bits per heavy atom. The lowest BCUT2D eigenvalue weighted by atomic mass is 10.1. The summed E-state index contributed by atoms with van der Waals surface area (Å²) in [5.74, 6) is -2.10. The van der Waals surface area contributed by atoms with E-state index in [0.717, 1.165) is 50.2 Å².